The summed E-state index contributed by atoms with van der Waals surface area (Å²) in [6.45, 7) is 3.63. The monoisotopic (exact) mass is 221 g/mol. The molecule has 86 valence electrons. The van der Waals surface area contributed by atoms with Gasteiger partial charge in [0.2, 0.25) is 0 Å². The van der Waals surface area contributed by atoms with Crippen LogP contribution in [0.25, 0.3) is 0 Å². The molecule has 0 fully saturated rings. The Kier molecular flexibility index (Phi) is 2.20. The average molecular weight is 221 g/mol. The molecule has 1 unspecified atom stereocenters. The molecule has 0 spiro atoms. The predicted molar refractivity (Wildman–Crippen MR) is 58.9 cm³/mol. The van der Waals surface area contributed by atoms with E-state index in [1.807, 2.05) is 13.8 Å². The van der Waals surface area contributed by atoms with Crippen LogP contribution < -0.4 is 10.5 Å². The Balaban J connectivity index is 2.60. The van der Waals surface area contributed by atoms with Gasteiger partial charge < -0.3 is 15.6 Å². The van der Waals surface area contributed by atoms with Crippen LogP contribution in [-0.2, 0) is 10.4 Å². The molecule has 0 saturated heterocycles. The summed E-state index contributed by atoms with van der Waals surface area (Å²) in [4.78, 5) is 11.4. The molecule has 1 aliphatic heterocycles. The lowest BCUT2D eigenvalue weighted by Crippen LogP contribution is -2.51. The summed E-state index contributed by atoms with van der Waals surface area (Å²) in [5, 5.41) is 10.4. The van der Waals surface area contributed by atoms with Crippen molar-refractivity contribution in [2.75, 3.05) is 0 Å². The van der Waals surface area contributed by atoms with Crippen LogP contribution >= 0.6 is 0 Å². The van der Waals surface area contributed by atoms with Crippen molar-refractivity contribution < 1.29 is 14.6 Å². The molecule has 2 rings (SSSR count). The second-order valence-corrected chi connectivity index (χ2v) is 4.76. The van der Waals surface area contributed by atoms with E-state index in [0.29, 0.717) is 11.3 Å². The fraction of sp³-hybridized carbons (Fsp3) is 0.417. The van der Waals surface area contributed by atoms with Crippen LogP contribution in [-0.4, -0.2) is 16.6 Å². The summed E-state index contributed by atoms with van der Waals surface area (Å²) in [5.41, 5.74) is 3.49. The topological polar surface area (TPSA) is 72.5 Å². The number of fused-ring (bicyclic) bond motifs is 1. The van der Waals surface area contributed by atoms with E-state index in [4.69, 9.17) is 10.5 Å². The first-order chi connectivity index (χ1) is 7.35. The third kappa shape index (κ3) is 1.55. The van der Waals surface area contributed by atoms with Crippen LogP contribution in [0.2, 0.25) is 0 Å². The van der Waals surface area contributed by atoms with Gasteiger partial charge in [0.25, 0.3) is 5.91 Å². The minimum atomic E-state index is -1.64. The SMILES string of the molecule is CC1(C)CC(O)(C(N)=O)c2ccccc2O1. The summed E-state index contributed by atoms with van der Waals surface area (Å²) in [6, 6.07) is 6.93. The molecule has 4 heteroatoms. The molecule has 0 saturated carbocycles. The van der Waals surface area contributed by atoms with Crippen LogP contribution in [0.5, 0.6) is 5.75 Å². The van der Waals surface area contributed by atoms with Crippen molar-refractivity contribution in [3.05, 3.63) is 29.8 Å². The van der Waals surface area contributed by atoms with Crippen LogP contribution in [0.1, 0.15) is 25.8 Å². The number of carbonyl (C=O) groups is 1. The smallest absolute Gasteiger partial charge is 0.254 e. The number of amides is 1. The Morgan fingerprint density at radius 3 is 2.69 bits per heavy atom. The Hall–Kier alpha value is -1.55. The molecule has 1 aromatic carbocycles. The van der Waals surface area contributed by atoms with Crippen molar-refractivity contribution >= 4 is 5.91 Å². The van der Waals surface area contributed by atoms with Crippen molar-refractivity contribution in [1.82, 2.24) is 0 Å². The molecule has 0 aliphatic carbocycles. The highest BCUT2D eigenvalue weighted by atomic mass is 16.5. The van der Waals surface area contributed by atoms with Gasteiger partial charge in [-0.2, -0.15) is 0 Å². The van der Waals surface area contributed by atoms with Gasteiger partial charge in [-0.05, 0) is 19.9 Å². The zero-order chi connectivity index (χ0) is 12.0. The maximum absolute atomic E-state index is 11.4. The first-order valence-electron chi connectivity index (χ1n) is 5.16. The van der Waals surface area contributed by atoms with Crippen LogP contribution in [0.4, 0.5) is 0 Å². The van der Waals surface area contributed by atoms with Crippen LogP contribution in [0.15, 0.2) is 24.3 Å². The maximum Gasteiger partial charge on any atom is 0.254 e. The summed E-state index contributed by atoms with van der Waals surface area (Å²) in [5.74, 6) is -0.226. The van der Waals surface area contributed by atoms with Crippen molar-refractivity contribution in [3.63, 3.8) is 0 Å². The second-order valence-electron chi connectivity index (χ2n) is 4.76. The van der Waals surface area contributed by atoms with Crippen LogP contribution in [0.3, 0.4) is 0 Å². The van der Waals surface area contributed by atoms with Crippen molar-refractivity contribution in [3.8, 4) is 5.75 Å². The summed E-state index contributed by atoms with van der Waals surface area (Å²) >= 11 is 0. The summed E-state index contributed by atoms with van der Waals surface area (Å²) < 4.78 is 5.70. The average Bonchev–Trinajstić information content (AvgIpc) is 2.15. The fourth-order valence-electron chi connectivity index (χ4n) is 2.16. The van der Waals surface area contributed by atoms with E-state index in [1.165, 1.54) is 0 Å². The molecule has 0 radical (unpaired) electrons. The van der Waals surface area contributed by atoms with E-state index in [1.54, 1.807) is 24.3 Å². The number of carbonyl (C=O) groups excluding carboxylic acids is 1. The molecule has 1 aliphatic rings. The highest BCUT2D eigenvalue weighted by Crippen LogP contribution is 2.43. The van der Waals surface area contributed by atoms with Gasteiger partial charge in [0, 0.05) is 12.0 Å². The highest BCUT2D eigenvalue weighted by molar-refractivity contribution is 5.86. The minimum absolute atomic E-state index is 0.159. The van der Waals surface area contributed by atoms with Gasteiger partial charge in [0.05, 0.1) is 0 Å². The largest absolute Gasteiger partial charge is 0.487 e. The van der Waals surface area contributed by atoms with Gasteiger partial charge in [-0.25, -0.2) is 0 Å². The Bertz CT molecular complexity index is 442. The fourth-order valence-corrected chi connectivity index (χ4v) is 2.16. The van der Waals surface area contributed by atoms with E-state index in [-0.39, 0.29) is 6.42 Å². The van der Waals surface area contributed by atoms with Gasteiger partial charge in [-0.1, -0.05) is 18.2 Å². The second kappa shape index (κ2) is 3.22. The first-order valence-corrected chi connectivity index (χ1v) is 5.16. The number of primary amides is 1. The number of aliphatic hydroxyl groups is 1. The van der Waals surface area contributed by atoms with Gasteiger partial charge in [-0.15, -0.1) is 0 Å². The van der Waals surface area contributed by atoms with Crippen molar-refractivity contribution in [2.45, 2.75) is 31.5 Å². The molecule has 3 N–H and O–H groups in total. The molecule has 1 heterocycles. The normalized spacial score (nSPS) is 26.7. The molecule has 1 amide bonds. The van der Waals surface area contributed by atoms with E-state index in [9.17, 15) is 9.90 Å². The number of para-hydroxylation sites is 1. The lowest BCUT2D eigenvalue weighted by molar-refractivity contribution is -0.146. The Labute approximate surface area is 94.0 Å². The number of rotatable bonds is 1. The van der Waals surface area contributed by atoms with Gasteiger partial charge in [0.1, 0.15) is 11.4 Å². The minimum Gasteiger partial charge on any atom is -0.487 e. The number of nitrogens with two attached hydrogens (primary N) is 1. The van der Waals surface area contributed by atoms with Gasteiger partial charge in [-0.3, -0.25) is 4.79 Å². The maximum atomic E-state index is 11.4. The zero-order valence-corrected chi connectivity index (χ0v) is 9.36. The number of hydrogen-bond acceptors (Lipinski definition) is 3. The van der Waals surface area contributed by atoms with Crippen molar-refractivity contribution in [1.29, 1.82) is 0 Å². The molecule has 0 aromatic heterocycles. The molecule has 1 aromatic rings. The highest BCUT2D eigenvalue weighted by Gasteiger charge is 2.47. The quantitative estimate of drug-likeness (QED) is 0.740. The summed E-state index contributed by atoms with van der Waals surface area (Å²) in [6.07, 6.45) is 0.159. The predicted octanol–water partition coefficient (Wildman–Crippen LogP) is 0.921. The third-order valence-electron chi connectivity index (χ3n) is 2.81. The third-order valence-corrected chi connectivity index (χ3v) is 2.81. The van der Waals surface area contributed by atoms with Crippen LogP contribution in [0, 0.1) is 0 Å². The number of hydrogen-bond donors (Lipinski definition) is 2. The van der Waals surface area contributed by atoms with E-state index < -0.39 is 17.1 Å². The standard InChI is InChI=1S/C12H15NO3/c1-11(2)7-12(15,10(13)14)8-5-3-4-6-9(8)16-11/h3-6,15H,7H2,1-2H3,(H2,13,14). The summed E-state index contributed by atoms with van der Waals surface area (Å²) in [7, 11) is 0. The van der Waals surface area contributed by atoms with E-state index in [2.05, 4.69) is 0 Å². The Morgan fingerprint density at radius 2 is 2.06 bits per heavy atom. The molecule has 4 nitrogen and oxygen atoms in total. The molecule has 0 bridgehead atoms. The van der Waals surface area contributed by atoms with E-state index in [0.717, 1.165) is 0 Å². The van der Waals surface area contributed by atoms with Crippen molar-refractivity contribution in [2.24, 2.45) is 5.73 Å². The van der Waals surface area contributed by atoms with Gasteiger partial charge >= 0.3 is 0 Å². The number of ether oxygens (including phenoxy) is 1. The van der Waals surface area contributed by atoms with E-state index >= 15 is 0 Å². The molecule has 1 atom stereocenters. The number of benzene rings is 1. The zero-order valence-electron chi connectivity index (χ0n) is 9.36. The first kappa shape index (κ1) is 11.0. The lowest BCUT2D eigenvalue weighted by atomic mass is 9.80. The molecule has 16 heavy (non-hydrogen) atoms. The van der Waals surface area contributed by atoms with Gasteiger partial charge in [0.15, 0.2) is 5.60 Å². The molecular weight excluding hydrogens is 206 g/mol. The molecular formula is C12H15NO3. The Morgan fingerprint density at radius 1 is 1.44 bits per heavy atom. The lowest BCUT2D eigenvalue weighted by Gasteiger charge is -2.41.